The van der Waals surface area contributed by atoms with Gasteiger partial charge in [0, 0.05) is 35.0 Å². The third-order valence-corrected chi connectivity index (χ3v) is 3.89. The van der Waals surface area contributed by atoms with Crippen LogP contribution in [0.3, 0.4) is 0 Å². The minimum atomic E-state index is 0.281. The predicted octanol–water partition coefficient (Wildman–Crippen LogP) is 2.30. The van der Waals surface area contributed by atoms with Crippen molar-refractivity contribution in [1.82, 2.24) is 5.32 Å². The summed E-state index contributed by atoms with van der Waals surface area (Å²) in [5.74, 6) is 0.719. The molecule has 1 heterocycles. The van der Waals surface area contributed by atoms with E-state index in [0.29, 0.717) is 12.1 Å². The summed E-state index contributed by atoms with van der Waals surface area (Å²) in [4.78, 5) is 0. The molecule has 2 aliphatic rings. The lowest BCUT2D eigenvalue weighted by atomic mass is 9.57. The van der Waals surface area contributed by atoms with E-state index in [4.69, 9.17) is 4.74 Å². The van der Waals surface area contributed by atoms with E-state index < -0.39 is 0 Å². The molecule has 80 valence electrons. The molecule has 0 bridgehead atoms. The highest BCUT2D eigenvalue weighted by Gasteiger charge is 2.58. The molecule has 2 rings (SSSR count). The minimum absolute atomic E-state index is 0.281. The van der Waals surface area contributed by atoms with Gasteiger partial charge in [-0.05, 0) is 6.42 Å². The van der Waals surface area contributed by atoms with Gasteiger partial charge in [-0.15, -0.1) is 0 Å². The number of rotatable bonds is 3. The number of nitrogens with one attached hydrogen (secondary N) is 1. The van der Waals surface area contributed by atoms with Crippen LogP contribution in [-0.4, -0.2) is 25.3 Å². The van der Waals surface area contributed by atoms with Gasteiger partial charge in [0.1, 0.15) is 0 Å². The van der Waals surface area contributed by atoms with Gasteiger partial charge in [-0.25, -0.2) is 0 Å². The van der Waals surface area contributed by atoms with Gasteiger partial charge >= 0.3 is 0 Å². The van der Waals surface area contributed by atoms with Gasteiger partial charge < -0.3 is 10.1 Å². The first-order valence-corrected chi connectivity index (χ1v) is 6.01. The zero-order valence-corrected chi connectivity index (χ0v) is 10.4. The van der Waals surface area contributed by atoms with Crippen LogP contribution in [0.4, 0.5) is 0 Å². The molecule has 0 spiro atoms. The Balaban J connectivity index is 1.95. The molecule has 3 heteroatoms. The molecular formula is C11H18BrNO. The van der Waals surface area contributed by atoms with Crippen LogP contribution in [0.2, 0.25) is 0 Å². The van der Waals surface area contributed by atoms with Crippen LogP contribution in [0.5, 0.6) is 0 Å². The molecule has 0 amide bonds. The van der Waals surface area contributed by atoms with E-state index in [1.54, 1.807) is 0 Å². The lowest BCUT2D eigenvalue weighted by molar-refractivity contribution is -0.111. The maximum absolute atomic E-state index is 5.73. The van der Waals surface area contributed by atoms with Crippen molar-refractivity contribution in [2.24, 2.45) is 11.3 Å². The van der Waals surface area contributed by atoms with Crippen LogP contribution in [0.15, 0.2) is 11.1 Å². The topological polar surface area (TPSA) is 21.3 Å². The van der Waals surface area contributed by atoms with Crippen LogP contribution in [-0.2, 0) is 4.74 Å². The number of fused-ring (bicyclic) bond motifs is 1. The number of hydrogen-bond donors (Lipinski definition) is 1. The lowest BCUT2D eigenvalue weighted by Gasteiger charge is -2.55. The van der Waals surface area contributed by atoms with Crippen molar-refractivity contribution in [1.29, 1.82) is 0 Å². The summed E-state index contributed by atoms with van der Waals surface area (Å²) < 4.78 is 6.75. The highest BCUT2D eigenvalue weighted by molar-refractivity contribution is 9.11. The molecule has 14 heavy (non-hydrogen) atoms. The molecule has 3 unspecified atom stereocenters. The largest absolute Gasteiger partial charge is 0.377 e. The molecule has 2 nitrogen and oxygen atoms in total. The Morgan fingerprint density at radius 2 is 2.36 bits per heavy atom. The minimum Gasteiger partial charge on any atom is -0.377 e. The van der Waals surface area contributed by atoms with Crippen molar-refractivity contribution >= 4 is 15.9 Å². The second-order valence-electron chi connectivity index (χ2n) is 4.94. The molecule has 0 aromatic carbocycles. The summed E-state index contributed by atoms with van der Waals surface area (Å²) in [6.45, 7) is 10.2. The van der Waals surface area contributed by atoms with Crippen LogP contribution in [0, 0.1) is 11.3 Å². The van der Waals surface area contributed by atoms with E-state index in [1.165, 1.54) is 6.42 Å². The summed E-state index contributed by atoms with van der Waals surface area (Å²) >= 11 is 3.38. The van der Waals surface area contributed by atoms with E-state index in [2.05, 4.69) is 41.7 Å². The molecule has 1 saturated heterocycles. The quantitative estimate of drug-likeness (QED) is 0.840. The van der Waals surface area contributed by atoms with Crippen molar-refractivity contribution in [3.63, 3.8) is 0 Å². The first-order valence-electron chi connectivity index (χ1n) is 5.21. The highest BCUT2D eigenvalue weighted by atomic mass is 79.9. The van der Waals surface area contributed by atoms with Gasteiger partial charge in [0.2, 0.25) is 0 Å². The molecule has 1 saturated carbocycles. The normalized spacial score (nSPS) is 38.9. The summed E-state index contributed by atoms with van der Waals surface area (Å²) in [5, 5.41) is 3.55. The Labute approximate surface area is 94.2 Å². The fourth-order valence-electron chi connectivity index (χ4n) is 2.96. The van der Waals surface area contributed by atoms with Gasteiger partial charge in [0.05, 0.1) is 6.10 Å². The van der Waals surface area contributed by atoms with Crippen LogP contribution in [0.25, 0.3) is 0 Å². The molecule has 0 aromatic rings. The van der Waals surface area contributed by atoms with Gasteiger partial charge in [0.15, 0.2) is 0 Å². The average Bonchev–Trinajstić information content (AvgIpc) is 2.49. The van der Waals surface area contributed by atoms with E-state index >= 15 is 0 Å². The van der Waals surface area contributed by atoms with Crippen molar-refractivity contribution in [2.45, 2.75) is 32.4 Å². The molecule has 1 aliphatic heterocycles. The Morgan fingerprint density at radius 1 is 1.64 bits per heavy atom. The third kappa shape index (κ3) is 1.55. The fourth-order valence-corrected chi connectivity index (χ4v) is 3.12. The standard InChI is InChI=1S/C11H18BrNO/c1-7(12)6-13-9-8-4-5-14-10(8)11(9,2)3/h8-10,13H,1,4-6H2,2-3H3. The Morgan fingerprint density at radius 3 is 3.00 bits per heavy atom. The second kappa shape index (κ2) is 3.62. The Bertz CT molecular complexity index is 252. The molecule has 2 fully saturated rings. The molecular weight excluding hydrogens is 242 g/mol. The third-order valence-electron chi connectivity index (χ3n) is 3.61. The monoisotopic (exact) mass is 259 g/mol. The second-order valence-corrected chi connectivity index (χ2v) is 6.06. The molecule has 1 aliphatic carbocycles. The van der Waals surface area contributed by atoms with Gasteiger partial charge in [-0.1, -0.05) is 36.4 Å². The molecule has 1 N–H and O–H groups in total. The molecule has 0 aromatic heterocycles. The summed E-state index contributed by atoms with van der Waals surface area (Å²) in [6, 6.07) is 0.587. The maximum atomic E-state index is 5.73. The lowest BCUT2D eigenvalue weighted by Crippen LogP contribution is -2.65. The zero-order chi connectivity index (χ0) is 10.3. The maximum Gasteiger partial charge on any atom is 0.0685 e. The van der Waals surface area contributed by atoms with E-state index in [0.717, 1.165) is 23.6 Å². The molecule has 3 atom stereocenters. The first kappa shape index (κ1) is 10.7. The Kier molecular flexibility index (Phi) is 2.75. The summed E-state index contributed by atoms with van der Waals surface area (Å²) in [6.07, 6.45) is 1.68. The van der Waals surface area contributed by atoms with Crippen LogP contribution >= 0.6 is 15.9 Å². The first-order chi connectivity index (χ1) is 6.53. The van der Waals surface area contributed by atoms with Gasteiger partial charge in [-0.3, -0.25) is 0 Å². The predicted molar refractivity (Wildman–Crippen MR) is 61.5 cm³/mol. The van der Waals surface area contributed by atoms with Gasteiger partial charge in [-0.2, -0.15) is 0 Å². The van der Waals surface area contributed by atoms with E-state index in [1.807, 2.05) is 0 Å². The van der Waals surface area contributed by atoms with Crippen LogP contribution < -0.4 is 5.32 Å². The summed E-state index contributed by atoms with van der Waals surface area (Å²) in [5.41, 5.74) is 0.281. The smallest absolute Gasteiger partial charge is 0.0685 e. The van der Waals surface area contributed by atoms with Crippen molar-refractivity contribution in [3.8, 4) is 0 Å². The fraction of sp³-hybridized carbons (Fsp3) is 0.818. The number of ether oxygens (including phenoxy) is 1. The van der Waals surface area contributed by atoms with E-state index in [9.17, 15) is 0 Å². The highest BCUT2D eigenvalue weighted by Crippen LogP contribution is 2.52. The van der Waals surface area contributed by atoms with Crippen molar-refractivity contribution < 1.29 is 4.74 Å². The number of hydrogen-bond acceptors (Lipinski definition) is 2. The van der Waals surface area contributed by atoms with Gasteiger partial charge in [0.25, 0.3) is 0 Å². The van der Waals surface area contributed by atoms with Crippen molar-refractivity contribution in [3.05, 3.63) is 11.1 Å². The molecule has 0 radical (unpaired) electrons. The number of halogens is 1. The zero-order valence-electron chi connectivity index (χ0n) is 8.85. The van der Waals surface area contributed by atoms with Crippen molar-refractivity contribution in [2.75, 3.05) is 13.2 Å². The van der Waals surface area contributed by atoms with E-state index in [-0.39, 0.29) is 5.41 Å². The van der Waals surface area contributed by atoms with Crippen LogP contribution in [0.1, 0.15) is 20.3 Å². The Hall–Kier alpha value is 0.140. The summed E-state index contributed by atoms with van der Waals surface area (Å²) in [7, 11) is 0. The average molecular weight is 260 g/mol. The SMILES string of the molecule is C=C(Br)CNC1C2CCOC2C1(C)C.